The summed E-state index contributed by atoms with van der Waals surface area (Å²) >= 11 is 0. The van der Waals surface area contributed by atoms with Gasteiger partial charge < -0.3 is 19.1 Å². The molecule has 0 unspecified atom stereocenters. The highest BCUT2D eigenvalue weighted by Gasteiger charge is 2.35. The van der Waals surface area contributed by atoms with Crippen LogP contribution in [0.4, 0.5) is 0 Å². The third-order valence-electron chi connectivity index (χ3n) is 5.59. The minimum absolute atomic E-state index is 0.0641. The van der Waals surface area contributed by atoms with Crippen LogP contribution >= 0.6 is 0 Å². The average Bonchev–Trinajstić information content (AvgIpc) is 3.13. The average molecular weight is 394 g/mol. The highest BCUT2D eigenvalue weighted by Crippen LogP contribution is 2.39. The van der Waals surface area contributed by atoms with E-state index in [9.17, 15) is 9.90 Å². The van der Waals surface area contributed by atoms with Crippen LogP contribution in [0.1, 0.15) is 46.5 Å². The van der Waals surface area contributed by atoms with Gasteiger partial charge in [-0.1, -0.05) is 22.4 Å². The minimum atomic E-state index is -0.580. The summed E-state index contributed by atoms with van der Waals surface area (Å²) in [7, 11) is 0. The standard InChI is InChI=1S/C21H22N4O4/c1-12-8-17(28-23-12)9-16-10-25(11-18(16)26)21(27)15-6-2-13(3-7-15)19-22-20(29-24-19)14-4-5-14/h2-3,6-8,14,16,18,26H,4-5,9-11H2,1H3/t16-,18+/m1/s1. The van der Waals surface area contributed by atoms with Gasteiger partial charge in [0, 0.05) is 48.5 Å². The molecule has 8 nitrogen and oxygen atoms in total. The van der Waals surface area contributed by atoms with Crippen LogP contribution in [0.25, 0.3) is 11.4 Å². The van der Waals surface area contributed by atoms with Crippen LogP contribution in [0.2, 0.25) is 0 Å². The zero-order valence-electron chi connectivity index (χ0n) is 16.1. The maximum atomic E-state index is 12.9. The predicted octanol–water partition coefficient (Wildman–Crippen LogP) is 2.59. The summed E-state index contributed by atoms with van der Waals surface area (Å²) in [6, 6.07) is 9.06. The lowest BCUT2D eigenvalue weighted by molar-refractivity contribution is 0.0764. The van der Waals surface area contributed by atoms with Gasteiger partial charge in [0.1, 0.15) is 5.76 Å². The van der Waals surface area contributed by atoms with Crippen molar-refractivity contribution in [2.75, 3.05) is 13.1 Å². The Balaban J connectivity index is 1.25. The van der Waals surface area contributed by atoms with Gasteiger partial charge in [-0.05, 0) is 31.9 Å². The fraction of sp³-hybridized carbons (Fsp3) is 0.429. The summed E-state index contributed by atoms with van der Waals surface area (Å²) in [6.07, 6.45) is 2.19. The first-order valence-electron chi connectivity index (χ1n) is 9.90. The molecule has 2 fully saturated rings. The van der Waals surface area contributed by atoms with Crippen molar-refractivity contribution in [1.82, 2.24) is 20.2 Å². The molecule has 1 amide bonds. The predicted molar refractivity (Wildman–Crippen MR) is 102 cm³/mol. The first kappa shape index (κ1) is 18.1. The third-order valence-corrected chi connectivity index (χ3v) is 5.59. The van der Waals surface area contributed by atoms with Crippen molar-refractivity contribution in [2.24, 2.45) is 5.92 Å². The Kier molecular flexibility index (Phi) is 4.43. The lowest BCUT2D eigenvalue weighted by Gasteiger charge is -2.16. The van der Waals surface area contributed by atoms with Crippen molar-refractivity contribution in [2.45, 2.75) is 38.2 Å². The maximum Gasteiger partial charge on any atom is 0.253 e. The molecule has 8 heteroatoms. The number of β-amino-alcohol motifs (C(OH)–C–C–N with tert-alkyl or cyclic N) is 1. The Bertz CT molecular complexity index is 1020. The van der Waals surface area contributed by atoms with Crippen LogP contribution < -0.4 is 0 Å². The first-order chi connectivity index (χ1) is 14.1. The van der Waals surface area contributed by atoms with Gasteiger partial charge >= 0.3 is 0 Å². The molecule has 0 bridgehead atoms. The Morgan fingerprint density at radius 3 is 2.66 bits per heavy atom. The molecule has 29 heavy (non-hydrogen) atoms. The molecule has 1 saturated carbocycles. The van der Waals surface area contributed by atoms with E-state index in [1.807, 2.05) is 25.1 Å². The number of aliphatic hydroxyl groups excluding tert-OH is 1. The van der Waals surface area contributed by atoms with Crippen LogP contribution in [0.5, 0.6) is 0 Å². The second kappa shape index (κ2) is 7.11. The van der Waals surface area contributed by atoms with E-state index < -0.39 is 6.10 Å². The van der Waals surface area contributed by atoms with E-state index >= 15 is 0 Å². The third kappa shape index (κ3) is 3.67. The van der Waals surface area contributed by atoms with Crippen molar-refractivity contribution in [3.63, 3.8) is 0 Å². The number of rotatable bonds is 5. The lowest BCUT2D eigenvalue weighted by atomic mass is 10.0. The van der Waals surface area contributed by atoms with Crippen LogP contribution in [-0.4, -0.2) is 50.4 Å². The fourth-order valence-electron chi connectivity index (χ4n) is 3.78. The Hall–Kier alpha value is -3.00. The summed E-state index contributed by atoms with van der Waals surface area (Å²) in [5.41, 5.74) is 2.20. The summed E-state index contributed by atoms with van der Waals surface area (Å²) in [5, 5.41) is 18.3. The van der Waals surface area contributed by atoms with E-state index in [4.69, 9.17) is 9.05 Å². The van der Waals surface area contributed by atoms with Gasteiger partial charge in [0.2, 0.25) is 11.7 Å². The minimum Gasteiger partial charge on any atom is -0.391 e. The van der Waals surface area contributed by atoms with Crippen LogP contribution in [0.15, 0.2) is 39.4 Å². The van der Waals surface area contributed by atoms with Crippen LogP contribution in [-0.2, 0) is 6.42 Å². The highest BCUT2D eigenvalue weighted by atomic mass is 16.5. The SMILES string of the molecule is Cc1cc(C[C@@H]2CN(C(=O)c3ccc(-c4noc(C5CC5)n4)cc3)C[C@@H]2O)on1. The van der Waals surface area contributed by atoms with Crippen molar-refractivity contribution in [3.05, 3.63) is 53.2 Å². The maximum absolute atomic E-state index is 12.9. The van der Waals surface area contributed by atoms with Crippen molar-refractivity contribution >= 4 is 5.91 Å². The normalized spacial score (nSPS) is 21.7. The summed E-state index contributed by atoms with van der Waals surface area (Å²) in [4.78, 5) is 19.0. The number of aromatic nitrogens is 3. The van der Waals surface area contributed by atoms with E-state index in [0.29, 0.717) is 42.7 Å². The molecule has 5 rings (SSSR count). The van der Waals surface area contributed by atoms with Crippen LogP contribution in [0, 0.1) is 12.8 Å². The highest BCUT2D eigenvalue weighted by molar-refractivity contribution is 5.94. The molecule has 1 aromatic carbocycles. The number of amides is 1. The van der Waals surface area contributed by atoms with Gasteiger partial charge in [0.15, 0.2) is 0 Å². The molecule has 2 aliphatic rings. The van der Waals surface area contributed by atoms with E-state index in [1.165, 1.54) is 0 Å². The van der Waals surface area contributed by atoms with E-state index in [0.717, 1.165) is 29.9 Å². The molecule has 2 aromatic heterocycles. The van der Waals surface area contributed by atoms with E-state index in [-0.39, 0.29) is 11.8 Å². The van der Waals surface area contributed by atoms with Crippen molar-refractivity contribution in [3.8, 4) is 11.4 Å². The topological polar surface area (TPSA) is 105 Å². The fourth-order valence-corrected chi connectivity index (χ4v) is 3.78. The monoisotopic (exact) mass is 394 g/mol. The molecule has 0 radical (unpaired) electrons. The van der Waals surface area contributed by atoms with Gasteiger partial charge in [-0.25, -0.2) is 0 Å². The molecule has 150 valence electrons. The van der Waals surface area contributed by atoms with Crippen molar-refractivity contribution < 1.29 is 18.9 Å². The number of carbonyl (C=O) groups is 1. The van der Waals surface area contributed by atoms with Crippen LogP contribution in [0.3, 0.4) is 0 Å². The molecule has 3 aromatic rings. The zero-order valence-corrected chi connectivity index (χ0v) is 16.1. The second-order valence-corrected chi connectivity index (χ2v) is 7.98. The van der Waals surface area contributed by atoms with E-state index in [2.05, 4.69) is 15.3 Å². The Morgan fingerprint density at radius 2 is 1.97 bits per heavy atom. The molecule has 1 saturated heterocycles. The summed E-state index contributed by atoms with van der Waals surface area (Å²) in [5.74, 6) is 2.22. The van der Waals surface area contributed by atoms with Crippen molar-refractivity contribution in [1.29, 1.82) is 0 Å². The lowest BCUT2D eigenvalue weighted by Crippen LogP contribution is -2.29. The Labute approximate surface area is 167 Å². The molecule has 1 aliphatic heterocycles. The van der Waals surface area contributed by atoms with Gasteiger partial charge in [-0.3, -0.25) is 4.79 Å². The number of aryl methyl sites for hydroxylation is 1. The number of likely N-dealkylation sites (tertiary alicyclic amines) is 1. The molecular formula is C21H22N4O4. The summed E-state index contributed by atoms with van der Waals surface area (Å²) in [6.45, 7) is 2.66. The van der Waals surface area contributed by atoms with Gasteiger partial charge in [-0.15, -0.1) is 0 Å². The quantitative estimate of drug-likeness (QED) is 0.709. The number of carbonyl (C=O) groups excluding carboxylic acids is 1. The molecule has 0 spiro atoms. The molecule has 3 heterocycles. The first-order valence-corrected chi connectivity index (χ1v) is 9.90. The van der Waals surface area contributed by atoms with E-state index in [1.54, 1.807) is 17.0 Å². The smallest absolute Gasteiger partial charge is 0.253 e. The largest absolute Gasteiger partial charge is 0.391 e. The van der Waals surface area contributed by atoms with Gasteiger partial charge in [0.05, 0.1) is 11.8 Å². The molecular weight excluding hydrogens is 372 g/mol. The summed E-state index contributed by atoms with van der Waals surface area (Å²) < 4.78 is 10.5. The second-order valence-electron chi connectivity index (χ2n) is 7.98. The number of hydrogen-bond acceptors (Lipinski definition) is 7. The number of aliphatic hydroxyl groups is 1. The Morgan fingerprint density at radius 1 is 1.17 bits per heavy atom. The van der Waals surface area contributed by atoms with Gasteiger partial charge in [-0.2, -0.15) is 4.98 Å². The molecule has 1 aliphatic carbocycles. The number of benzene rings is 1. The van der Waals surface area contributed by atoms with Gasteiger partial charge in [0.25, 0.3) is 5.91 Å². The molecule has 1 N–H and O–H groups in total. The number of hydrogen-bond donors (Lipinski definition) is 1. The zero-order chi connectivity index (χ0) is 20.0. The molecule has 2 atom stereocenters. The number of nitrogens with zero attached hydrogens (tertiary/aromatic N) is 4.